The van der Waals surface area contributed by atoms with E-state index in [1.54, 1.807) is 7.11 Å². The molecule has 0 heterocycles. The van der Waals surface area contributed by atoms with Gasteiger partial charge in [0.15, 0.2) is 0 Å². The third kappa shape index (κ3) is 13.6. The molecule has 0 aromatic heterocycles. The normalized spacial score (nSPS) is 13.9. The number of methoxy groups -OCH3 is 1. The van der Waals surface area contributed by atoms with Gasteiger partial charge in [-0.3, -0.25) is 0 Å². The van der Waals surface area contributed by atoms with Crippen LogP contribution in [0.2, 0.25) is 0 Å². The molecule has 0 aromatic carbocycles. The first-order chi connectivity index (χ1) is 7.95. The smallest absolute Gasteiger partial charge is 0.385 e. The SMILES string of the molecule is COCCCNCC(C)OCCCC(F)(F)F. The minimum absolute atomic E-state index is 0.0253. The van der Waals surface area contributed by atoms with Crippen molar-refractivity contribution in [1.82, 2.24) is 5.32 Å². The van der Waals surface area contributed by atoms with Crippen molar-refractivity contribution in [2.75, 3.05) is 33.4 Å². The lowest BCUT2D eigenvalue weighted by Crippen LogP contribution is -2.28. The Morgan fingerprint density at radius 1 is 1.18 bits per heavy atom. The van der Waals surface area contributed by atoms with Crippen LogP contribution in [0.1, 0.15) is 26.2 Å². The number of hydrogen-bond donors (Lipinski definition) is 1. The average Bonchev–Trinajstić information content (AvgIpc) is 2.23. The lowest BCUT2D eigenvalue weighted by Gasteiger charge is -2.14. The van der Waals surface area contributed by atoms with Crippen molar-refractivity contribution >= 4 is 0 Å². The molecule has 1 atom stereocenters. The summed E-state index contributed by atoms with van der Waals surface area (Å²) in [5.41, 5.74) is 0. The van der Waals surface area contributed by atoms with E-state index in [9.17, 15) is 13.2 Å². The van der Waals surface area contributed by atoms with E-state index in [1.807, 2.05) is 6.92 Å². The van der Waals surface area contributed by atoms with Gasteiger partial charge in [0, 0.05) is 33.3 Å². The highest BCUT2D eigenvalue weighted by Crippen LogP contribution is 2.21. The molecule has 0 amide bonds. The van der Waals surface area contributed by atoms with Gasteiger partial charge in [0.25, 0.3) is 0 Å². The molecule has 1 unspecified atom stereocenters. The van der Waals surface area contributed by atoms with Crippen LogP contribution in [0.4, 0.5) is 13.2 Å². The Hall–Kier alpha value is -0.330. The number of alkyl halides is 3. The van der Waals surface area contributed by atoms with Gasteiger partial charge >= 0.3 is 6.18 Å². The first-order valence-electron chi connectivity index (χ1n) is 5.83. The molecule has 3 nitrogen and oxygen atoms in total. The van der Waals surface area contributed by atoms with Crippen molar-refractivity contribution < 1.29 is 22.6 Å². The van der Waals surface area contributed by atoms with Crippen molar-refractivity contribution in [1.29, 1.82) is 0 Å². The average molecular weight is 257 g/mol. The Morgan fingerprint density at radius 2 is 1.88 bits per heavy atom. The highest BCUT2D eigenvalue weighted by Gasteiger charge is 2.26. The maximum absolute atomic E-state index is 11.8. The first-order valence-corrected chi connectivity index (χ1v) is 5.83. The molecule has 0 saturated heterocycles. The van der Waals surface area contributed by atoms with Gasteiger partial charge < -0.3 is 14.8 Å². The largest absolute Gasteiger partial charge is 0.389 e. The summed E-state index contributed by atoms with van der Waals surface area (Å²) in [5.74, 6) is 0. The van der Waals surface area contributed by atoms with Crippen molar-refractivity contribution in [2.45, 2.75) is 38.5 Å². The second kappa shape index (κ2) is 9.67. The number of nitrogens with one attached hydrogen (secondary N) is 1. The number of rotatable bonds is 10. The van der Waals surface area contributed by atoms with E-state index in [2.05, 4.69) is 5.32 Å². The standard InChI is InChI=1S/C11H22F3NO2/c1-10(9-15-6-4-7-16-2)17-8-3-5-11(12,13)14/h10,15H,3-9H2,1-2H3. The first kappa shape index (κ1) is 16.7. The van der Waals surface area contributed by atoms with Crippen LogP contribution in [-0.2, 0) is 9.47 Å². The minimum atomic E-state index is -4.08. The van der Waals surface area contributed by atoms with Crippen molar-refractivity contribution in [2.24, 2.45) is 0 Å². The van der Waals surface area contributed by atoms with Gasteiger partial charge in [-0.05, 0) is 26.3 Å². The van der Waals surface area contributed by atoms with Gasteiger partial charge in [0.2, 0.25) is 0 Å². The summed E-state index contributed by atoms with van der Waals surface area (Å²) in [4.78, 5) is 0. The molecule has 0 rings (SSSR count). The van der Waals surface area contributed by atoms with Crippen LogP contribution < -0.4 is 5.32 Å². The summed E-state index contributed by atoms with van der Waals surface area (Å²) in [6.45, 7) is 4.17. The van der Waals surface area contributed by atoms with Crippen LogP contribution in [0.3, 0.4) is 0 Å². The minimum Gasteiger partial charge on any atom is -0.385 e. The molecule has 0 fully saturated rings. The predicted octanol–water partition coefficient (Wildman–Crippen LogP) is 2.36. The van der Waals surface area contributed by atoms with Gasteiger partial charge in [0.1, 0.15) is 0 Å². The van der Waals surface area contributed by atoms with Crippen LogP contribution >= 0.6 is 0 Å². The second-order valence-electron chi connectivity index (χ2n) is 3.95. The summed E-state index contributed by atoms with van der Waals surface area (Å²) in [6, 6.07) is 0. The molecule has 6 heteroatoms. The second-order valence-corrected chi connectivity index (χ2v) is 3.95. The van der Waals surface area contributed by atoms with Crippen molar-refractivity contribution in [3.8, 4) is 0 Å². The number of hydrogen-bond acceptors (Lipinski definition) is 3. The third-order valence-electron chi connectivity index (χ3n) is 2.14. The van der Waals surface area contributed by atoms with Crippen LogP contribution in [-0.4, -0.2) is 45.7 Å². The number of halogens is 3. The van der Waals surface area contributed by atoms with E-state index < -0.39 is 12.6 Å². The monoisotopic (exact) mass is 257 g/mol. The molecule has 17 heavy (non-hydrogen) atoms. The molecule has 0 saturated carbocycles. The molecular formula is C11H22F3NO2. The van der Waals surface area contributed by atoms with Crippen molar-refractivity contribution in [3.63, 3.8) is 0 Å². The van der Waals surface area contributed by atoms with Crippen LogP contribution in [0.15, 0.2) is 0 Å². The van der Waals surface area contributed by atoms with Crippen LogP contribution in [0, 0.1) is 0 Å². The van der Waals surface area contributed by atoms with E-state index in [1.165, 1.54) is 0 Å². The van der Waals surface area contributed by atoms with Gasteiger partial charge in [-0.2, -0.15) is 13.2 Å². The summed E-state index contributed by atoms with van der Waals surface area (Å²) in [6.07, 6.45) is -3.98. The van der Waals surface area contributed by atoms with Gasteiger partial charge in [-0.25, -0.2) is 0 Å². The van der Waals surface area contributed by atoms with Gasteiger partial charge in [-0.1, -0.05) is 0 Å². The maximum atomic E-state index is 11.8. The lowest BCUT2D eigenvalue weighted by atomic mass is 10.3. The van der Waals surface area contributed by atoms with E-state index in [-0.39, 0.29) is 19.1 Å². The Morgan fingerprint density at radius 3 is 2.47 bits per heavy atom. The molecular weight excluding hydrogens is 235 g/mol. The number of ether oxygens (including phenoxy) is 2. The fourth-order valence-electron chi connectivity index (χ4n) is 1.26. The zero-order valence-corrected chi connectivity index (χ0v) is 10.5. The lowest BCUT2D eigenvalue weighted by molar-refractivity contribution is -0.138. The van der Waals surface area contributed by atoms with Gasteiger partial charge in [-0.15, -0.1) is 0 Å². The molecule has 0 aliphatic rings. The summed E-state index contributed by atoms with van der Waals surface area (Å²) in [7, 11) is 1.65. The highest BCUT2D eigenvalue weighted by atomic mass is 19.4. The van der Waals surface area contributed by atoms with E-state index >= 15 is 0 Å². The molecule has 0 spiro atoms. The fourth-order valence-corrected chi connectivity index (χ4v) is 1.26. The van der Waals surface area contributed by atoms with E-state index in [0.29, 0.717) is 13.2 Å². The summed E-state index contributed by atoms with van der Waals surface area (Å²) in [5, 5.41) is 3.15. The molecule has 104 valence electrons. The Labute approximate surface area is 101 Å². The fraction of sp³-hybridized carbons (Fsp3) is 1.00. The summed E-state index contributed by atoms with van der Waals surface area (Å²) < 4.78 is 45.6. The highest BCUT2D eigenvalue weighted by molar-refractivity contribution is 4.56. The van der Waals surface area contributed by atoms with Crippen molar-refractivity contribution in [3.05, 3.63) is 0 Å². The quantitative estimate of drug-likeness (QED) is 0.609. The molecule has 1 N–H and O–H groups in total. The Bertz CT molecular complexity index is 177. The molecule has 0 radical (unpaired) electrons. The molecule has 0 aliphatic carbocycles. The third-order valence-corrected chi connectivity index (χ3v) is 2.14. The van der Waals surface area contributed by atoms with E-state index in [4.69, 9.17) is 9.47 Å². The topological polar surface area (TPSA) is 30.5 Å². The van der Waals surface area contributed by atoms with Gasteiger partial charge in [0.05, 0.1) is 6.10 Å². The molecule has 0 aromatic rings. The summed E-state index contributed by atoms with van der Waals surface area (Å²) >= 11 is 0. The maximum Gasteiger partial charge on any atom is 0.389 e. The van der Waals surface area contributed by atoms with Crippen LogP contribution in [0.5, 0.6) is 0 Å². The zero-order chi connectivity index (χ0) is 13.1. The zero-order valence-electron chi connectivity index (χ0n) is 10.5. The Balaban J connectivity index is 3.26. The predicted molar refractivity (Wildman–Crippen MR) is 60.1 cm³/mol. The van der Waals surface area contributed by atoms with E-state index in [0.717, 1.165) is 13.0 Å². The molecule has 0 aliphatic heterocycles. The Kier molecular flexibility index (Phi) is 9.49. The van der Waals surface area contributed by atoms with Crippen LogP contribution in [0.25, 0.3) is 0 Å². The molecule has 0 bridgehead atoms.